The molecular formula is C59H66IN2-. The topological polar surface area (TPSA) is 6.48 Å². The number of alkyl halides is 1. The molecule has 6 aromatic carbocycles. The molecule has 3 bridgehead atoms. The Morgan fingerprint density at radius 3 is 1.42 bits per heavy atom. The van der Waals surface area contributed by atoms with Gasteiger partial charge in [-0.3, -0.25) is 0 Å². The van der Waals surface area contributed by atoms with E-state index in [2.05, 4.69) is 187 Å². The first-order valence-corrected chi connectivity index (χ1v) is 26.2. The molecule has 3 saturated carbocycles. The molecular weight excluding hydrogens is 864 g/mol. The number of rotatable bonds is 13. The Kier molecular flexibility index (Phi) is 10.8. The van der Waals surface area contributed by atoms with Crippen molar-refractivity contribution in [2.24, 2.45) is 5.41 Å². The Bertz CT molecular complexity index is 2600. The molecule has 3 heteroatoms. The first-order chi connectivity index (χ1) is 30.0. The van der Waals surface area contributed by atoms with Gasteiger partial charge in [0.25, 0.3) is 0 Å². The summed E-state index contributed by atoms with van der Waals surface area (Å²) in [4.78, 5) is 5.18. The van der Waals surface area contributed by atoms with Gasteiger partial charge in [-0.05, 0) is 55.0 Å². The average Bonchev–Trinajstić information content (AvgIpc) is 3.91. The number of fused-ring (bicyclic) bond motifs is 3. The molecule has 2 nitrogen and oxygen atoms in total. The van der Waals surface area contributed by atoms with Gasteiger partial charge >= 0.3 is 258 Å². The van der Waals surface area contributed by atoms with E-state index in [4.69, 9.17) is 0 Å². The van der Waals surface area contributed by atoms with Gasteiger partial charge in [0.15, 0.2) is 0 Å². The van der Waals surface area contributed by atoms with Crippen molar-refractivity contribution in [3.05, 3.63) is 164 Å². The van der Waals surface area contributed by atoms with Crippen molar-refractivity contribution in [3.63, 3.8) is 0 Å². The molecule has 320 valence electrons. The monoisotopic (exact) mass is 929 g/mol. The standard InChI is InChI=1S/C59H66IN2/c1-9-17-39(3)45-31-40(4)55(41(5)32-45)61(47-19-13-11-14-20-47)49-23-25-51-52-26-24-50(36-54(52)59-30-28-57(38-59)27-29-58(59,37-57)53(51)35-49)62(48-21-15-12-16-22-48)56-42(6)33-46(34-43(56)7)60-44(8)18-10-2/h11-16,19-26,31-36,39,44H,9-10,17-18,27-30,37-38H2,1-8H3/q-1/t39?,44?,57?,58-,59-/m1/s1. The summed E-state index contributed by atoms with van der Waals surface area (Å²) in [5, 5.41) is 0. The summed E-state index contributed by atoms with van der Waals surface area (Å²) in [6.45, 7) is 18.9. The van der Waals surface area contributed by atoms with Gasteiger partial charge in [0.1, 0.15) is 0 Å². The summed E-state index contributed by atoms with van der Waals surface area (Å²) in [5.74, 6) is 0.558. The Hall–Kier alpha value is -4.35. The first kappa shape index (κ1) is 41.6. The second-order valence-corrected chi connectivity index (χ2v) is 24.1. The summed E-state index contributed by atoms with van der Waals surface area (Å²) in [6, 6.07) is 47.6. The van der Waals surface area contributed by atoms with E-state index < -0.39 is 0 Å². The molecule has 0 saturated heterocycles. The van der Waals surface area contributed by atoms with Crippen LogP contribution < -0.4 is 31.0 Å². The quantitative estimate of drug-likeness (QED) is 0.0841. The van der Waals surface area contributed by atoms with E-state index in [1.54, 1.807) is 14.7 Å². The molecule has 3 fully saturated rings. The molecule has 3 spiro atoms. The fourth-order valence-corrected chi connectivity index (χ4v) is 17.0. The van der Waals surface area contributed by atoms with Gasteiger partial charge in [-0.1, -0.05) is 50.6 Å². The van der Waals surface area contributed by atoms with E-state index in [0.29, 0.717) is 11.3 Å². The maximum absolute atomic E-state index is 2.67. The molecule has 10 rings (SSSR count). The fraction of sp³-hybridized carbons (Fsp3) is 0.390. The van der Waals surface area contributed by atoms with Crippen LogP contribution >= 0.6 is 0 Å². The molecule has 3 unspecified atom stereocenters. The molecule has 0 heterocycles. The molecule has 0 aromatic heterocycles. The van der Waals surface area contributed by atoms with Gasteiger partial charge in [0, 0.05) is 11.4 Å². The Morgan fingerprint density at radius 1 is 0.516 bits per heavy atom. The van der Waals surface area contributed by atoms with Crippen molar-refractivity contribution in [3.8, 4) is 11.1 Å². The van der Waals surface area contributed by atoms with Crippen LogP contribution in [-0.4, -0.2) is 3.92 Å². The van der Waals surface area contributed by atoms with Gasteiger partial charge in [-0.2, -0.15) is 0 Å². The summed E-state index contributed by atoms with van der Waals surface area (Å²) in [6.07, 6.45) is 13.0. The minimum absolute atomic E-state index is 0.0316. The van der Waals surface area contributed by atoms with Gasteiger partial charge < -0.3 is 4.90 Å². The van der Waals surface area contributed by atoms with Crippen LogP contribution in [0.3, 0.4) is 0 Å². The summed E-state index contributed by atoms with van der Waals surface area (Å²) in [7, 11) is 0. The second kappa shape index (κ2) is 16.0. The van der Waals surface area contributed by atoms with Crippen molar-refractivity contribution in [1.29, 1.82) is 0 Å². The molecule has 4 aliphatic carbocycles. The fourth-order valence-electron chi connectivity index (χ4n) is 13.5. The normalized spacial score (nSPS) is 22.6. The van der Waals surface area contributed by atoms with Crippen LogP contribution in [0.2, 0.25) is 0 Å². The molecule has 4 aliphatic rings. The van der Waals surface area contributed by atoms with Gasteiger partial charge in [-0.25, -0.2) is 0 Å². The number of nitrogens with zero attached hydrogens (tertiary/aromatic N) is 2. The van der Waals surface area contributed by atoms with Gasteiger partial charge in [-0.15, -0.1) is 0 Å². The molecule has 5 atom stereocenters. The summed E-state index contributed by atoms with van der Waals surface area (Å²) >= 11 is -0.0316. The van der Waals surface area contributed by atoms with E-state index in [1.165, 1.54) is 137 Å². The first-order valence-electron chi connectivity index (χ1n) is 23.9. The van der Waals surface area contributed by atoms with Crippen LogP contribution in [0.4, 0.5) is 34.1 Å². The number of hydrogen-bond acceptors (Lipinski definition) is 2. The van der Waals surface area contributed by atoms with Crippen molar-refractivity contribution < 1.29 is 21.2 Å². The number of anilines is 6. The third-order valence-electron chi connectivity index (χ3n) is 16.0. The van der Waals surface area contributed by atoms with Crippen LogP contribution in [0.1, 0.15) is 137 Å². The van der Waals surface area contributed by atoms with E-state index in [1.807, 2.05) is 0 Å². The van der Waals surface area contributed by atoms with Crippen LogP contribution in [-0.2, 0) is 10.8 Å². The number of para-hydroxylation sites is 2. The zero-order chi connectivity index (χ0) is 43.0. The second-order valence-electron chi connectivity index (χ2n) is 20.1. The van der Waals surface area contributed by atoms with Crippen molar-refractivity contribution >= 4 is 34.1 Å². The van der Waals surface area contributed by atoms with Crippen molar-refractivity contribution in [1.82, 2.24) is 0 Å². The summed E-state index contributed by atoms with van der Waals surface area (Å²) in [5.41, 5.74) is 21.6. The zero-order valence-electron chi connectivity index (χ0n) is 38.5. The van der Waals surface area contributed by atoms with Crippen molar-refractivity contribution in [2.75, 3.05) is 9.80 Å². The zero-order valence-corrected chi connectivity index (χ0v) is 40.7. The van der Waals surface area contributed by atoms with Crippen LogP contribution in [0.25, 0.3) is 11.1 Å². The number of aryl methyl sites for hydroxylation is 4. The van der Waals surface area contributed by atoms with Crippen molar-refractivity contribution in [2.45, 2.75) is 140 Å². The van der Waals surface area contributed by atoms with Crippen LogP contribution in [0.5, 0.6) is 0 Å². The molecule has 0 N–H and O–H groups in total. The predicted octanol–water partition coefficient (Wildman–Crippen LogP) is 13.7. The Morgan fingerprint density at radius 2 is 0.968 bits per heavy atom. The predicted molar refractivity (Wildman–Crippen MR) is 260 cm³/mol. The van der Waals surface area contributed by atoms with Gasteiger partial charge in [0.2, 0.25) is 0 Å². The average molecular weight is 930 g/mol. The maximum atomic E-state index is 2.67. The Balaban J connectivity index is 1.13. The molecule has 0 aliphatic heterocycles. The number of halogens is 1. The number of benzene rings is 6. The van der Waals surface area contributed by atoms with E-state index in [0.717, 1.165) is 3.92 Å². The Labute approximate surface area is 383 Å². The third-order valence-corrected chi connectivity index (χ3v) is 19.0. The number of hydrogen-bond donors (Lipinski definition) is 0. The summed E-state index contributed by atoms with van der Waals surface area (Å²) < 4.78 is 2.38. The third kappa shape index (κ3) is 6.60. The molecule has 0 radical (unpaired) electrons. The van der Waals surface area contributed by atoms with E-state index >= 15 is 0 Å². The van der Waals surface area contributed by atoms with Crippen LogP contribution in [0, 0.1) is 36.7 Å². The SMILES string of the molecule is CCCC(C)[I-]c1cc(C)c(N(c2ccccc2)c2ccc3c(c2)[C@]24CCC5(CC[C@@]2(C5)c2cc(N(c5ccccc5)c5c(C)cc(C(C)CCC)cc5C)ccc2-3)C4)c(C)c1. The van der Waals surface area contributed by atoms with E-state index in [-0.39, 0.29) is 32.0 Å². The molecule has 0 amide bonds. The van der Waals surface area contributed by atoms with Crippen LogP contribution in [0.15, 0.2) is 121 Å². The molecule has 62 heavy (non-hydrogen) atoms. The van der Waals surface area contributed by atoms with E-state index in [9.17, 15) is 0 Å². The van der Waals surface area contributed by atoms with Gasteiger partial charge in [0.05, 0.1) is 5.69 Å². The minimum atomic E-state index is -0.0316. The molecule has 6 aromatic rings.